The summed E-state index contributed by atoms with van der Waals surface area (Å²) in [6, 6.07) is 10.3. The number of carbonyl (C=O) groups is 1. The summed E-state index contributed by atoms with van der Waals surface area (Å²) < 4.78 is 0. The van der Waals surface area contributed by atoms with Gasteiger partial charge >= 0.3 is 0 Å². The zero-order valence-corrected chi connectivity index (χ0v) is 13.8. The highest BCUT2D eigenvalue weighted by molar-refractivity contribution is 5.92. The van der Waals surface area contributed by atoms with E-state index in [4.69, 9.17) is 10.7 Å². The Morgan fingerprint density at radius 2 is 1.96 bits per heavy atom. The third kappa shape index (κ3) is 3.15. The molecule has 0 radical (unpaired) electrons. The summed E-state index contributed by atoms with van der Waals surface area (Å²) in [5, 5.41) is 1.20. The van der Waals surface area contributed by atoms with Gasteiger partial charge in [0.2, 0.25) is 5.91 Å². The highest BCUT2D eigenvalue weighted by atomic mass is 16.1. The predicted octanol–water partition coefficient (Wildman–Crippen LogP) is 1.79. The van der Waals surface area contributed by atoms with E-state index < -0.39 is 0 Å². The van der Waals surface area contributed by atoms with Crippen molar-refractivity contribution >= 4 is 22.5 Å². The first-order valence-corrected chi connectivity index (χ1v) is 8.27. The number of aromatic nitrogens is 1. The lowest BCUT2D eigenvalue weighted by Gasteiger charge is -2.38. The summed E-state index contributed by atoms with van der Waals surface area (Å²) in [6.07, 6.45) is 0.927. The summed E-state index contributed by atoms with van der Waals surface area (Å²) in [5.74, 6) is -0.249. The lowest BCUT2D eigenvalue weighted by Crippen LogP contribution is -2.53. The first-order chi connectivity index (χ1) is 11.1. The molecule has 1 aliphatic heterocycles. The topological polar surface area (TPSA) is 62.5 Å². The lowest BCUT2D eigenvalue weighted by molar-refractivity contribution is -0.122. The molecule has 1 unspecified atom stereocenters. The zero-order chi connectivity index (χ0) is 16.4. The van der Waals surface area contributed by atoms with Crippen molar-refractivity contribution in [2.45, 2.75) is 26.3 Å². The largest absolute Gasteiger partial charge is 0.368 e. The minimum absolute atomic E-state index is 0.197. The molecule has 0 saturated carbocycles. The van der Waals surface area contributed by atoms with Crippen LogP contribution >= 0.6 is 0 Å². The number of hydrogen-bond acceptors (Lipinski definition) is 4. The Labute approximate surface area is 137 Å². The van der Waals surface area contributed by atoms with Gasteiger partial charge in [-0.05, 0) is 25.5 Å². The van der Waals surface area contributed by atoms with Gasteiger partial charge in [-0.3, -0.25) is 14.7 Å². The number of nitrogens with two attached hydrogens (primary N) is 1. The van der Waals surface area contributed by atoms with E-state index >= 15 is 0 Å². The fraction of sp³-hybridized carbons (Fsp3) is 0.444. The number of benzene rings is 1. The van der Waals surface area contributed by atoms with Crippen molar-refractivity contribution in [1.82, 2.24) is 9.88 Å². The molecule has 1 aromatic carbocycles. The molecule has 5 heteroatoms. The molecule has 0 bridgehead atoms. The van der Waals surface area contributed by atoms with Gasteiger partial charge in [0, 0.05) is 42.9 Å². The van der Waals surface area contributed by atoms with Crippen molar-refractivity contribution in [2.24, 2.45) is 5.73 Å². The Morgan fingerprint density at radius 1 is 1.26 bits per heavy atom. The molecule has 5 nitrogen and oxygen atoms in total. The van der Waals surface area contributed by atoms with Gasteiger partial charge in [-0.15, -0.1) is 0 Å². The van der Waals surface area contributed by atoms with E-state index in [1.807, 2.05) is 13.0 Å². The Hall–Kier alpha value is -2.14. The van der Waals surface area contributed by atoms with Crippen LogP contribution in [0.25, 0.3) is 10.9 Å². The summed E-state index contributed by atoms with van der Waals surface area (Å²) in [4.78, 5) is 20.6. The number of carbonyl (C=O) groups excluding carboxylic acids is 1. The average molecular weight is 312 g/mol. The van der Waals surface area contributed by atoms with Crippen molar-refractivity contribution in [2.75, 3.05) is 31.1 Å². The van der Waals surface area contributed by atoms with E-state index in [2.05, 4.69) is 41.0 Å². The van der Waals surface area contributed by atoms with Gasteiger partial charge in [-0.2, -0.15) is 0 Å². The number of primary amides is 1. The quantitative estimate of drug-likeness (QED) is 0.935. The molecular weight excluding hydrogens is 288 g/mol. The molecule has 2 aromatic rings. The minimum atomic E-state index is -0.249. The van der Waals surface area contributed by atoms with E-state index in [0.29, 0.717) is 0 Å². The van der Waals surface area contributed by atoms with Gasteiger partial charge < -0.3 is 10.6 Å². The normalized spacial score (nSPS) is 17.4. The van der Waals surface area contributed by atoms with E-state index in [1.54, 1.807) is 0 Å². The Kier molecular flexibility index (Phi) is 4.48. The fourth-order valence-corrected chi connectivity index (χ4v) is 3.18. The van der Waals surface area contributed by atoms with Crippen molar-refractivity contribution in [3.63, 3.8) is 0 Å². The van der Waals surface area contributed by atoms with Crippen LogP contribution in [0, 0.1) is 0 Å². The molecule has 1 fully saturated rings. The molecule has 2 N–H and O–H groups in total. The summed E-state index contributed by atoms with van der Waals surface area (Å²) in [6.45, 7) is 7.51. The van der Waals surface area contributed by atoms with Crippen LogP contribution in [0.4, 0.5) is 5.69 Å². The SMILES string of the molecule is CCc1cc(N2CCN(C(C)C(N)=O)CC2)c2ccccc2n1. The van der Waals surface area contributed by atoms with Crippen LogP contribution in [0.15, 0.2) is 30.3 Å². The maximum absolute atomic E-state index is 11.4. The summed E-state index contributed by atoms with van der Waals surface area (Å²) >= 11 is 0. The van der Waals surface area contributed by atoms with Gasteiger partial charge in [0.15, 0.2) is 0 Å². The average Bonchev–Trinajstić information content (AvgIpc) is 2.60. The molecule has 1 aromatic heterocycles. The Balaban J connectivity index is 1.86. The maximum atomic E-state index is 11.4. The zero-order valence-electron chi connectivity index (χ0n) is 13.8. The highest BCUT2D eigenvalue weighted by Crippen LogP contribution is 2.28. The van der Waals surface area contributed by atoms with E-state index in [0.717, 1.165) is 43.8 Å². The number of amides is 1. The molecule has 2 heterocycles. The maximum Gasteiger partial charge on any atom is 0.234 e. The predicted molar refractivity (Wildman–Crippen MR) is 93.6 cm³/mol. The lowest BCUT2D eigenvalue weighted by atomic mass is 10.1. The number of anilines is 1. The van der Waals surface area contributed by atoms with Gasteiger partial charge in [0.1, 0.15) is 0 Å². The second-order valence-electron chi connectivity index (χ2n) is 6.10. The molecule has 1 saturated heterocycles. The number of pyridine rings is 1. The third-order valence-electron chi connectivity index (χ3n) is 4.72. The molecular formula is C18H24N4O. The van der Waals surface area contributed by atoms with Crippen LogP contribution in [0.5, 0.6) is 0 Å². The minimum Gasteiger partial charge on any atom is -0.368 e. The van der Waals surface area contributed by atoms with Crippen molar-refractivity contribution < 1.29 is 4.79 Å². The van der Waals surface area contributed by atoms with Crippen LogP contribution in [0.2, 0.25) is 0 Å². The van der Waals surface area contributed by atoms with E-state index in [-0.39, 0.29) is 11.9 Å². The molecule has 3 rings (SSSR count). The molecule has 0 spiro atoms. The number of hydrogen-bond donors (Lipinski definition) is 1. The molecule has 23 heavy (non-hydrogen) atoms. The van der Waals surface area contributed by atoms with Crippen molar-refractivity contribution in [1.29, 1.82) is 0 Å². The monoisotopic (exact) mass is 312 g/mol. The second kappa shape index (κ2) is 6.54. The smallest absolute Gasteiger partial charge is 0.234 e. The van der Waals surface area contributed by atoms with Gasteiger partial charge in [0.05, 0.1) is 11.6 Å². The van der Waals surface area contributed by atoms with Gasteiger partial charge in [0.25, 0.3) is 0 Å². The number of nitrogens with zero attached hydrogens (tertiary/aromatic N) is 3. The van der Waals surface area contributed by atoms with E-state index in [9.17, 15) is 4.79 Å². The Bertz CT molecular complexity index is 707. The fourth-order valence-electron chi connectivity index (χ4n) is 3.18. The first-order valence-electron chi connectivity index (χ1n) is 8.27. The number of fused-ring (bicyclic) bond motifs is 1. The van der Waals surface area contributed by atoms with Crippen LogP contribution in [-0.4, -0.2) is 48.0 Å². The second-order valence-corrected chi connectivity index (χ2v) is 6.10. The van der Waals surface area contributed by atoms with E-state index in [1.165, 1.54) is 11.1 Å². The number of piperazine rings is 1. The van der Waals surface area contributed by atoms with Gasteiger partial charge in [-0.25, -0.2) is 0 Å². The number of aryl methyl sites for hydroxylation is 1. The molecule has 0 aliphatic carbocycles. The molecule has 1 atom stereocenters. The van der Waals surface area contributed by atoms with Crippen molar-refractivity contribution in [3.8, 4) is 0 Å². The van der Waals surface area contributed by atoms with Crippen molar-refractivity contribution in [3.05, 3.63) is 36.0 Å². The van der Waals surface area contributed by atoms with Crippen LogP contribution in [0.3, 0.4) is 0 Å². The Morgan fingerprint density at radius 3 is 2.61 bits per heavy atom. The standard InChI is InChI=1S/C18H24N4O/c1-3-14-12-17(15-6-4-5-7-16(15)20-14)22-10-8-21(9-11-22)13(2)18(19)23/h4-7,12-13H,3,8-11H2,1-2H3,(H2,19,23). The molecule has 122 valence electrons. The molecule has 1 amide bonds. The highest BCUT2D eigenvalue weighted by Gasteiger charge is 2.25. The number of rotatable bonds is 4. The first kappa shape index (κ1) is 15.7. The van der Waals surface area contributed by atoms with Gasteiger partial charge in [-0.1, -0.05) is 25.1 Å². The van der Waals surface area contributed by atoms with Crippen LogP contribution in [0.1, 0.15) is 19.5 Å². The van der Waals surface area contributed by atoms with Crippen LogP contribution < -0.4 is 10.6 Å². The summed E-state index contributed by atoms with van der Waals surface area (Å²) in [7, 11) is 0. The molecule has 1 aliphatic rings. The number of para-hydroxylation sites is 1. The van der Waals surface area contributed by atoms with Crippen LogP contribution in [-0.2, 0) is 11.2 Å². The summed E-state index contributed by atoms with van der Waals surface area (Å²) in [5.41, 5.74) is 8.84. The third-order valence-corrected chi connectivity index (χ3v) is 4.72.